The molecule has 0 aliphatic rings. The molecule has 0 bridgehead atoms. The third kappa shape index (κ3) is 2.03. The van der Waals surface area contributed by atoms with E-state index in [1.54, 1.807) is 6.92 Å². The zero-order valence-corrected chi connectivity index (χ0v) is 8.47. The van der Waals surface area contributed by atoms with Gasteiger partial charge in [0.1, 0.15) is 5.82 Å². The van der Waals surface area contributed by atoms with Crippen LogP contribution in [-0.2, 0) is 6.42 Å². The minimum atomic E-state index is -0.618. The van der Waals surface area contributed by atoms with Crippen molar-refractivity contribution in [3.63, 3.8) is 0 Å². The molecule has 0 amide bonds. The third-order valence-corrected chi connectivity index (χ3v) is 2.40. The van der Waals surface area contributed by atoms with Crippen LogP contribution in [0.25, 0.3) is 0 Å². The molecule has 0 aliphatic carbocycles. The fraction of sp³-hybridized carbons (Fsp3) is 0.250. The molecule has 0 unspecified atom stereocenters. The Morgan fingerprint density at radius 2 is 2.23 bits per heavy atom. The van der Waals surface area contributed by atoms with Gasteiger partial charge in [0.2, 0.25) is 0 Å². The number of nitro groups is 1. The van der Waals surface area contributed by atoms with E-state index in [9.17, 15) is 14.5 Å². The molecule has 0 heterocycles. The zero-order valence-electron chi connectivity index (χ0n) is 6.88. The van der Waals surface area contributed by atoms with Crippen molar-refractivity contribution < 1.29 is 9.31 Å². The lowest BCUT2D eigenvalue weighted by molar-refractivity contribution is -0.385. The molecule has 70 valence electrons. The topological polar surface area (TPSA) is 43.1 Å². The van der Waals surface area contributed by atoms with Gasteiger partial charge in [-0.15, -0.1) is 0 Å². The van der Waals surface area contributed by atoms with Crippen molar-refractivity contribution >= 4 is 21.6 Å². The molecule has 0 N–H and O–H groups in total. The van der Waals surface area contributed by atoms with Gasteiger partial charge in [-0.1, -0.05) is 22.9 Å². The second-order valence-corrected chi connectivity index (χ2v) is 3.35. The predicted molar refractivity (Wildman–Crippen MR) is 50.1 cm³/mol. The molecule has 0 saturated heterocycles. The van der Waals surface area contributed by atoms with Gasteiger partial charge < -0.3 is 0 Å². The van der Waals surface area contributed by atoms with Crippen molar-refractivity contribution in [1.82, 2.24) is 0 Å². The van der Waals surface area contributed by atoms with Crippen molar-refractivity contribution in [2.75, 3.05) is 0 Å². The molecule has 1 rings (SSSR count). The maximum absolute atomic E-state index is 13.1. The number of halogens is 2. The largest absolute Gasteiger partial charge is 0.273 e. The number of rotatable bonds is 2. The quantitative estimate of drug-likeness (QED) is 0.596. The highest BCUT2D eigenvalue weighted by Crippen LogP contribution is 2.26. The van der Waals surface area contributed by atoms with E-state index in [1.807, 2.05) is 0 Å². The maximum atomic E-state index is 13.1. The van der Waals surface area contributed by atoms with Gasteiger partial charge in [0.15, 0.2) is 0 Å². The summed E-state index contributed by atoms with van der Waals surface area (Å²) in [6, 6.07) is 2.24. The van der Waals surface area contributed by atoms with E-state index in [0.29, 0.717) is 16.5 Å². The van der Waals surface area contributed by atoms with Crippen molar-refractivity contribution in [3.8, 4) is 0 Å². The fourth-order valence-electron chi connectivity index (χ4n) is 1.03. The van der Waals surface area contributed by atoms with Crippen molar-refractivity contribution in [2.45, 2.75) is 13.3 Å². The van der Waals surface area contributed by atoms with Gasteiger partial charge in [-0.25, -0.2) is 4.39 Å². The van der Waals surface area contributed by atoms with E-state index >= 15 is 0 Å². The third-order valence-electron chi connectivity index (χ3n) is 1.69. The van der Waals surface area contributed by atoms with Gasteiger partial charge in [-0.3, -0.25) is 10.1 Å². The van der Waals surface area contributed by atoms with Gasteiger partial charge in [0.25, 0.3) is 5.69 Å². The van der Waals surface area contributed by atoms with Gasteiger partial charge in [0, 0.05) is 16.1 Å². The van der Waals surface area contributed by atoms with Crippen LogP contribution in [0.4, 0.5) is 10.1 Å². The lowest BCUT2D eigenvalue weighted by Gasteiger charge is -2.02. The Morgan fingerprint density at radius 3 is 2.62 bits per heavy atom. The molecular weight excluding hydrogens is 241 g/mol. The standard InChI is InChI=1S/C8H7BrFNO2/c1-2-6-7(9)3-5(11(12)13)4-8(6)10/h3-4H,2H2,1H3. The Kier molecular flexibility index (Phi) is 2.98. The van der Waals surface area contributed by atoms with E-state index in [-0.39, 0.29) is 5.69 Å². The highest BCUT2D eigenvalue weighted by atomic mass is 79.9. The lowest BCUT2D eigenvalue weighted by atomic mass is 10.1. The molecule has 0 saturated carbocycles. The van der Waals surface area contributed by atoms with Crippen LogP contribution in [0.15, 0.2) is 16.6 Å². The van der Waals surface area contributed by atoms with Crippen molar-refractivity contribution in [1.29, 1.82) is 0 Å². The maximum Gasteiger partial charge on any atom is 0.273 e. The van der Waals surface area contributed by atoms with Crippen molar-refractivity contribution in [3.05, 3.63) is 38.1 Å². The Morgan fingerprint density at radius 1 is 1.62 bits per heavy atom. The molecule has 0 fully saturated rings. The Hall–Kier alpha value is -0.970. The van der Waals surface area contributed by atoms with E-state index in [0.717, 1.165) is 6.07 Å². The van der Waals surface area contributed by atoms with Crippen LogP contribution in [0.2, 0.25) is 0 Å². The monoisotopic (exact) mass is 247 g/mol. The smallest absolute Gasteiger partial charge is 0.258 e. The Labute approximate surface area is 82.8 Å². The minimum Gasteiger partial charge on any atom is -0.258 e. The molecule has 1 aromatic rings. The number of non-ortho nitro benzene ring substituents is 1. The molecule has 5 heteroatoms. The molecule has 0 radical (unpaired) electrons. The highest BCUT2D eigenvalue weighted by molar-refractivity contribution is 9.10. The van der Waals surface area contributed by atoms with Gasteiger partial charge in [0.05, 0.1) is 11.0 Å². The van der Waals surface area contributed by atoms with Gasteiger partial charge >= 0.3 is 0 Å². The number of hydrogen-bond acceptors (Lipinski definition) is 2. The van der Waals surface area contributed by atoms with Gasteiger partial charge in [-0.2, -0.15) is 0 Å². The molecule has 0 aliphatic heterocycles. The molecule has 0 aromatic heterocycles. The first-order valence-electron chi connectivity index (χ1n) is 3.68. The fourth-order valence-corrected chi connectivity index (χ4v) is 1.74. The first-order chi connectivity index (χ1) is 6.06. The SMILES string of the molecule is CCc1c(F)cc([N+](=O)[O-])cc1Br. The van der Waals surface area contributed by atoms with Gasteiger partial charge in [-0.05, 0) is 6.42 Å². The summed E-state index contributed by atoms with van der Waals surface area (Å²) in [7, 11) is 0. The average molecular weight is 248 g/mol. The van der Waals surface area contributed by atoms with Crippen LogP contribution in [0.3, 0.4) is 0 Å². The summed E-state index contributed by atoms with van der Waals surface area (Å²) in [5, 5.41) is 10.3. The summed E-state index contributed by atoms with van der Waals surface area (Å²) >= 11 is 3.08. The highest BCUT2D eigenvalue weighted by Gasteiger charge is 2.13. The van der Waals surface area contributed by atoms with Crippen LogP contribution in [0.1, 0.15) is 12.5 Å². The summed E-state index contributed by atoms with van der Waals surface area (Å²) in [5.41, 5.74) is 0.229. The lowest BCUT2D eigenvalue weighted by Crippen LogP contribution is -1.94. The Bertz CT molecular complexity index is 331. The van der Waals surface area contributed by atoms with E-state index in [4.69, 9.17) is 0 Å². The second-order valence-electron chi connectivity index (χ2n) is 2.50. The van der Waals surface area contributed by atoms with Crippen molar-refractivity contribution in [2.24, 2.45) is 0 Å². The zero-order chi connectivity index (χ0) is 10.0. The molecule has 13 heavy (non-hydrogen) atoms. The number of benzene rings is 1. The minimum absolute atomic E-state index is 0.235. The number of hydrogen-bond donors (Lipinski definition) is 0. The summed E-state index contributed by atoms with van der Waals surface area (Å²) in [6.07, 6.45) is 0.504. The average Bonchev–Trinajstić information content (AvgIpc) is 2.03. The first kappa shape index (κ1) is 10.1. The molecule has 1 aromatic carbocycles. The predicted octanol–water partition coefficient (Wildman–Crippen LogP) is 3.06. The second kappa shape index (κ2) is 3.83. The number of nitro benzene ring substituents is 1. The molecule has 0 spiro atoms. The number of nitrogens with zero attached hydrogens (tertiary/aromatic N) is 1. The normalized spacial score (nSPS) is 10.1. The summed E-state index contributed by atoms with van der Waals surface area (Å²) in [4.78, 5) is 9.71. The van der Waals surface area contributed by atoms with Crippen LogP contribution in [0, 0.1) is 15.9 Å². The first-order valence-corrected chi connectivity index (χ1v) is 4.48. The van der Waals surface area contributed by atoms with Crippen LogP contribution < -0.4 is 0 Å². The summed E-state index contributed by atoms with van der Waals surface area (Å²) < 4.78 is 13.6. The van der Waals surface area contributed by atoms with E-state index in [1.165, 1.54) is 6.07 Å². The van der Waals surface area contributed by atoms with E-state index < -0.39 is 10.7 Å². The van der Waals surface area contributed by atoms with Crippen LogP contribution in [0.5, 0.6) is 0 Å². The van der Waals surface area contributed by atoms with E-state index in [2.05, 4.69) is 15.9 Å². The van der Waals surface area contributed by atoms with Crippen LogP contribution >= 0.6 is 15.9 Å². The van der Waals surface area contributed by atoms with Crippen LogP contribution in [-0.4, -0.2) is 4.92 Å². The molecular formula is C8H7BrFNO2. The summed E-state index contributed by atoms with van der Waals surface area (Å²) in [6.45, 7) is 1.79. The summed E-state index contributed by atoms with van der Waals surface area (Å²) in [5.74, 6) is -0.538. The Balaban J connectivity index is 3.28. The molecule has 0 atom stereocenters. The molecule has 3 nitrogen and oxygen atoms in total.